The van der Waals surface area contributed by atoms with Gasteiger partial charge >= 0.3 is 0 Å². The zero-order valence-electron chi connectivity index (χ0n) is 14.2. The lowest BCUT2D eigenvalue weighted by atomic mass is 9.89. The molecule has 4 rings (SSSR count). The van der Waals surface area contributed by atoms with Gasteiger partial charge in [0.05, 0.1) is 10.5 Å². The predicted molar refractivity (Wildman–Crippen MR) is 102 cm³/mol. The fourth-order valence-corrected chi connectivity index (χ4v) is 3.11. The molecule has 1 unspecified atom stereocenters. The summed E-state index contributed by atoms with van der Waals surface area (Å²) in [5.74, 6) is 0.446. The third-order valence-corrected chi connectivity index (χ3v) is 4.45. The van der Waals surface area contributed by atoms with Crippen molar-refractivity contribution in [2.45, 2.75) is 6.10 Å². The van der Waals surface area contributed by atoms with Gasteiger partial charge in [0.2, 0.25) is 0 Å². The second kappa shape index (κ2) is 6.88. The number of rotatable bonds is 3. The Bertz CT molecular complexity index is 1040. The smallest absolute Gasteiger partial charge is 0.269 e. The van der Waals surface area contributed by atoms with E-state index in [1.165, 1.54) is 12.1 Å². The number of ether oxygens (including phenoxy) is 1. The Morgan fingerprint density at radius 3 is 2.26 bits per heavy atom. The van der Waals surface area contributed by atoms with Crippen molar-refractivity contribution in [1.29, 1.82) is 0 Å². The average molecular weight is 357 g/mol. The van der Waals surface area contributed by atoms with Crippen LogP contribution < -0.4 is 4.74 Å². The Morgan fingerprint density at radius 2 is 1.56 bits per heavy atom. The molecule has 1 heterocycles. The van der Waals surface area contributed by atoms with Crippen LogP contribution >= 0.6 is 0 Å². The van der Waals surface area contributed by atoms with E-state index >= 15 is 0 Å². The lowest BCUT2D eigenvalue weighted by Gasteiger charge is -2.28. The molecule has 0 radical (unpaired) electrons. The van der Waals surface area contributed by atoms with E-state index in [4.69, 9.17) is 4.74 Å². The Morgan fingerprint density at radius 1 is 0.889 bits per heavy atom. The van der Waals surface area contributed by atoms with Gasteiger partial charge in [0.1, 0.15) is 5.75 Å². The number of Topliss-reactive ketones (excluding diaryl/α,β-unsaturated/α-hetero) is 1. The van der Waals surface area contributed by atoms with E-state index < -0.39 is 11.0 Å². The highest BCUT2D eigenvalue weighted by molar-refractivity contribution is 6.14. The zero-order chi connectivity index (χ0) is 18.8. The van der Waals surface area contributed by atoms with E-state index in [-0.39, 0.29) is 11.5 Å². The third kappa shape index (κ3) is 3.22. The SMILES string of the molecule is O=C1/C(=C\c2ccc([N+](=O)[O-])cc2)C(c2ccccc2)Oc2ccccc21. The van der Waals surface area contributed by atoms with Crippen LogP contribution in [0, 0.1) is 10.1 Å². The largest absolute Gasteiger partial charge is 0.480 e. The minimum atomic E-state index is -0.538. The minimum absolute atomic E-state index is 0.00771. The summed E-state index contributed by atoms with van der Waals surface area (Å²) in [5, 5.41) is 10.8. The van der Waals surface area contributed by atoms with Crippen LogP contribution in [-0.2, 0) is 0 Å². The molecule has 5 heteroatoms. The Balaban J connectivity index is 1.81. The average Bonchev–Trinajstić information content (AvgIpc) is 2.71. The van der Waals surface area contributed by atoms with Crippen molar-refractivity contribution in [3.63, 3.8) is 0 Å². The minimum Gasteiger partial charge on any atom is -0.480 e. The standard InChI is InChI=1S/C22H15NO4/c24-21-18-8-4-5-9-20(18)27-22(16-6-2-1-3-7-16)19(21)14-15-10-12-17(13-11-15)23(25)26/h1-14,22H/b19-14+. The van der Waals surface area contributed by atoms with Crippen LogP contribution in [0.15, 0.2) is 84.4 Å². The molecule has 132 valence electrons. The van der Waals surface area contributed by atoms with Crippen LogP contribution in [0.2, 0.25) is 0 Å². The Labute approximate surface area is 155 Å². The molecule has 0 bridgehead atoms. The number of fused-ring (bicyclic) bond motifs is 1. The highest BCUT2D eigenvalue weighted by atomic mass is 16.6. The van der Waals surface area contributed by atoms with Crippen LogP contribution in [0.5, 0.6) is 5.75 Å². The van der Waals surface area contributed by atoms with Crippen molar-refractivity contribution in [3.8, 4) is 5.75 Å². The van der Waals surface area contributed by atoms with E-state index in [9.17, 15) is 14.9 Å². The van der Waals surface area contributed by atoms with Gasteiger partial charge in [-0.25, -0.2) is 0 Å². The van der Waals surface area contributed by atoms with Gasteiger partial charge in [-0.2, -0.15) is 0 Å². The van der Waals surface area contributed by atoms with Gasteiger partial charge in [-0.15, -0.1) is 0 Å². The van der Waals surface area contributed by atoms with E-state index in [1.807, 2.05) is 36.4 Å². The molecule has 1 aliphatic heterocycles. The van der Waals surface area contributed by atoms with Gasteiger partial charge in [-0.05, 0) is 41.5 Å². The molecule has 0 saturated heterocycles. The summed E-state index contributed by atoms with van der Waals surface area (Å²) in [6.45, 7) is 0. The molecule has 1 atom stereocenters. The van der Waals surface area contributed by atoms with E-state index in [2.05, 4.69) is 0 Å². The fourth-order valence-electron chi connectivity index (χ4n) is 3.11. The number of benzene rings is 3. The number of nitro benzene ring substituents is 1. The third-order valence-electron chi connectivity index (χ3n) is 4.45. The molecule has 3 aromatic rings. The summed E-state index contributed by atoms with van der Waals surface area (Å²) < 4.78 is 6.14. The van der Waals surface area contributed by atoms with Crippen molar-refractivity contribution in [2.24, 2.45) is 0 Å². The first-order chi connectivity index (χ1) is 13.1. The normalized spacial score (nSPS) is 17.3. The van der Waals surface area contributed by atoms with E-state index in [1.54, 1.807) is 36.4 Å². The maximum atomic E-state index is 13.1. The summed E-state index contributed by atoms with van der Waals surface area (Å²) in [4.78, 5) is 23.5. The van der Waals surface area contributed by atoms with Crippen molar-refractivity contribution in [3.05, 3.63) is 111 Å². The molecule has 27 heavy (non-hydrogen) atoms. The molecule has 3 aromatic carbocycles. The molecule has 0 fully saturated rings. The molecule has 0 amide bonds. The molecular weight excluding hydrogens is 342 g/mol. The summed E-state index contributed by atoms with van der Waals surface area (Å²) in [7, 11) is 0. The topological polar surface area (TPSA) is 69.4 Å². The molecule has 0 aliphatic carbocycles. The first-order valence-electron chi connectivity index (χ1n) is 8.45. The number of hydrogen-bond acceptors (Lipinski definition) is 4. The van der Waals surface area contributed by atoms with E-state index in [0.717, 1.165) is 5.56 Å². The summed E-state index contributed by atoms with van der Waals surface area (Å²) in [5.41, 5.74) is 2.58. The number of non-ortho nitro benzene ring substituents is 1. The highest BCUT2D eigenvalue weighted by Gasteiger charge is 2.32. The maximum absolute atomic E-state index is 13.1. The Hall–Kier alpha value is -3.73. The molecule has 0 saturated carbocycles. The van der Waals surface area contributed by atoms with Gasteiger partial charge in [-0.1, -0.05) is 42.5 Å². The van der Waals surface area contributed by atoms with Crippen molar-refractivity contribution in [1.82, 2.24) is 0 Å². The van der Waals surface area contributed by atoms with Gasteiger partial charge < -0.3 is 4.74 Å². The molecule has 5 nitrogen and oxygen atoms in total. The van der Waals surface area contributed by atoms with E-state index in [0.29, 0.717) is 22.4 Å². The molecule has 0 N–H and O–H groups in total. The second-order valence-corrected chi connectivity index (χ2v) is 6.18. The number of carbonyl (C=O) groups excluding carboxylic acids is 1. The number of hydrogen-bond donors (Lipinski definition) is 0. The molecule has 0 aromatic heterocycles. The van der Waals surface area contributed by atoms with Crippen LogP contribution in [0.25, 0.3) is 6.08 Å². The van der Waals surface area contributed by atoms with Gasteiger partial charge in [-0.3, -0.25) is 14.9 Å². The quantitative estimate of drug-likeness (QED) is 0.376. The van der Waals surface area contributed by atoms with Crippen LogP contribution in [-0.4, -0.2) is 10.7 Å². The lowest BCUT2D eigenvalue weighted by molar-refractivity contribution is -0.384. The summed E-state index contributed by atoms with van der Waals surface area (Å²) in [6.07, 6.45) is 1.20. The second-order valence-electron chi connectivity index (χ2n) is 6.18. The number of para-hydroxylation sites is 1. The highest BCUT2D eigenvalue weighted by Crippen LogP contribution is 2.39. The van der Waals surface area contributed by atoms with Crippen molar-refractivity contribution in [2.75, 3.05) is 0 Å². The predicted octanol–water partition coefficient (Wildman–Crippen LogP) is 4.99. The monoisotopic (exact) mass is 357 g/mol. The van der Waals surface area contributed by atoms with Crippen molar-refractivity contribution >= 4 is 17.5 Å². The summed E-state index contributed by atoms with van der Waals surface area (Å²) in [6, 6.07) is 22.8. The zero-order valence-corrected chi connectivity index (χ0v) is 14.2. The summed E-state index contributed by atoms with van der Waals surface area (Å²) >= 11 is 0. The van der Waals surface area contributed by atoms with Gasteiger partial charge in [0, 0.05) is 17.7 Å². The van der Waals surface area contributed by atoms with Gasteiger partial charge in [0.25, 0.3) is 5.69 Å². The number of ketones is 1. The van der Waals surface area contributed by atoms with Gasteiger partial charge in [0.15, 0.2) is 11.9 Å². The number of nitrogens with zero attached hydrogens (tertiary/aromatic N) is 1. The molecule has 0 spiro atoms. The lowest BCUT2D eigenvalue weighted by Crippen LogP contribution is -2.23. The molecular formula is C22H15NO4. The van der Waals surface area contributed by atoms with Crippen LogP contribution in [0.3, 0.4) is 0 Å². The molecule has 1 aliphatic rings. The van der Waals surface area contributed by atoms with Crippen molar-refractivity contribution < 1.29 is 14.5 Å². The fraction of sp³-hybridized carbons (Fsp3) is 0.0455. The first-order valence-corrected chi connectivity index (χ1v) is 8.45. The Kier molecular flexibility index (Phi) is 4.26. The number of nitro groups is 1. The van der Waals surface area contributed by atoms with Crippen LogP contribution in [0.4, 0.5) is 5.69 Å². The maximum Gasteiger partial charge on any atom is 0.269 e. The number of carbonyl (C=O) groups is 1. The first kappa shape index (κ1) is 16.7. The van der Waals surface area contributed by atoms with Crippen LogP contribution in [0.1, 0.15) is 27.6 Å².